The molecule has 0 fully saturated rings. The second-order valence-electron chi connectivity index (χ2n) is 5.69. The summed E-state index contributed by atoms with van der Waals surface area (Å²) in [5, 5.41) is 0. The molecule has 0 aliphatic heterocycles. The fourth-order valence-corrected chi connectivity index (χ4v) is 2.53. The maximum Gasteiger partial charge on any atom is 0.401 e. The molecule has 0 aromatic carbocycles. The molecule has 0 aliphatic carbocycles. The Morgan fingerprint density at radius 3 is 1.36 bits per heavy atom. The minimum Gasteiger partial charge on any atom is -0.299 e. The van der Waals surface area contributed by atoms with Crippen LogP contribution in [-0.2, 0) is 9.59 Å². The number of alkyl halides is 9. The highest BCUT2D eigenvalue weighted by molar-refractivity contribution is 6.03. The number of hydrogen-bond donors (Lipinski definition) is 0. The summed E-state index contributed by atoms with van der Waals surface area (Å²) in [6.45, 7) is 2.00. The standard InChI is InChI=1S/C14H17F9O2/c1-3-11(4-2,14(21,22)23)10(25)5-9(24)8(6-12(15,16)17)7-13(18,19)20/h8H,3-7H2,1-2H3. The van der Waals surface area contributed by atoms with Gasteiger partial charge in [-0.1, -0.05) is 13.8 Å². The van der Waals surface area contributed by atoms with Crippen molar-refractivity contribution >= 4 is 11.6 Å². The lowest BCUT2D eigenvalue weighted by Crippen LogP contribution is -2.45. The molecule has 0 bridgehead atoms. The van der Waals surface area contributed by atoms with E-state index in [1.54, 1.807) is 0 Å². The van der Waals surface area contributed by atoms with Crippen LogP contribution < -0.4 is 0 Å². The molecule has 148 valence electrons. The van der Waals surface area contributed by atoms with Gasteiger partial charge in [-0.25, -0.2) is 0 Å². The minimum atomic E-state index is -5.13. The highest BCUT2D eigenvalue weighted by Crippen LogP contribution is 2.46. The Balaban J connectivity index is 5.49. The Morgan fingerprint density at radius 2 is 1.12 bits per heavy atom. The first kappa shape index (κ1) is 23.7. The fraction of sp³-hybridized carbons (Fsp3) is 0.857. The number of ketones is 2. The van der Waals surface area contributed by atoms with E-state index in [1.165, 1.54) is 0 Å². The second kappa shape index (κ2) is 7.94. The molecule has 0 spiro atoms. The molecule has 0 saturated carbocycles. The van der Waals surface area contributed by atoms with Crippen LogP contribution in [0.5, 0.6) is 0 Å². The molecule has 0 rings (SSSR count). The van der Waals surface area contributed by atoms with Crippen molar-refractivity contribution in [2.45, 2.75) is 64.5 Å². The lowest BCUT2D eigenvalue weighted by Gasteiger charge is -2.32. The lowest BCUT2D eigenvalue weighted by molar-refractivity contribution is -0.223. The summed E-state index contributed by atoms with van der Waals surface area (Å²) in [6, 6.07) is 0. The Hall–Kier alpha value is -1.29. The van der Waals surface area contributed by atoms with E-state index in [0.717, 1.165) is 13.8 Å². The van der Waals surface area contributed by atoms with Gasteiger partial charge >= 0.3 is 18.5 Å². The number of carbonyl (C=O) groups excluding carboxylic acids is 2. The molecule has 0 aliphatic rings. The van der Waals surface area contributed by atoms with E-state index in [9.17, 15) is 49.1 Å². The molecule has 11 heteroatoms. The predicted octanol–water partition coefficient (Wildman–Crippen LogP) is 5.40. The van der Waals surface area contributed by atoms with Gasteiger partial charge in [-0.2, -0.15) is 39.5 Å². The number of Topliss-reactive ketones (excluding diaryl/α,β-unsaturated/α-hetero) is 2. The van der Waals surface area contributed by atoms with Crippen molar-refractivity contribution in [2.24, 2.45) is 11.3 Å². The average molecular weight is 388 g/mol. The molecular formula is C14H17F9O2. The van der Waals surface area contributed by atoms with Crippen LogP contribution >= 0.6 is 0 Å². The molecule has 0 unspecified atom stereocenters. The van der Waals surface area contributed by atoms with E-state index in [0.29, 0.717) is 0 Å². The van der Waals surface area contributed by atoms with Crippen molar-refractivity contribution in [3.05, 3.63) is 0 Å². The van der Waals surface area contributed by atoms with Crippen LogP contribution in [0.2, 0.25) is 0 Å². The van der Waals surface area contributed by atoms with Gasteiger partial charge in [-0.15, -0.1) is 0 Å². The van der Waals surface area contributed by atoms with Gasteiger partial charge in [0.25, 0.3) is 0 Å². The molecule has 0 heterocycles. The topological polar surface area (TPSA) is 34.1 Å². The highest BCUT2D eigenvalue weighted by atomic mass is 19.4. The van der Waals surface area contributed by atoms with Gasteiger partial charge < -0.3 is 0 Å². The van der Waals surface area contributed by atoms with E-state index in [4.69, 9.17) is 0 Å². The third kappa shape index (κ3) is 6.85. The van der Waals surface area contributed by atoms with Crippen molar-refractivity contribution in [1.82, 2.24) is 0 Å². The van der Waals surface area contributed by atoms with Gasteiger partial charge in [-0.05, 0) is 12.8 Å². The van der Waals surface area contributed by atoms with Crippen LogP contribution in [-0.4, -0.2) is 30.1 Å². The molecule has 0 aromatic heterocycles. The zero-order chi connectivity index (χ0) is 20.3. The monoisotopic (exact) mass is 388 g/mol. The van der Waals surface area contributed by atoms with Crippen molar-refractivity contribution in [1.29, 1.82) is 0 Å². The summed E-state index contributed by atoms with van der Waals surface area (Å²) in [5.74, 6) is -6.16. The van der Waals surface area contributed by atoms with Gasteiger partial charge in [0.1, 0.15) is 11.2 Å². The first-order valence-electron chi connectivity index (χ1n) is 7.25. The maximum atomic E-state index is 13.1. The molecule has 0 radical (unpaired) electrons. The molecule has 0 saturated heterocycles. The van der Waals surface area contributed by atoms with Crippen LogP contribution in [0.15, 0.2) is 0 Å². The van der Waals surface area contributed by atoms with E-state index in [1.807, 2.05) is 0 Å². The molecule has 0 aromatic rings. The van der Waals surface area contributed by atoms with Crippen LogP contribution in [0.3, 0.4) is 0 Å². The summed E-state index contributed by atoms with van der Waals surface area (Å²) in [6.07, 6.45) is -22.8. The zero-order valence-corrected chi connectivity index (χ0v) is 13.3. The summed E-state index contributed by atoms with van der Waals surface area (Å²) in [5.41, 5.74) is -2.97. The van der Waals surface area contributed by atoms with Gasteiger partial charge in [0.05, 0.1) is 19.3 Å². The van der Waals surface area contributed by atoms with E-state index in [-0.39, 0.29) is 0 Å². The Morgan fingerprint density at radius 1 is 0.760 bits per heavy atom. The van der Waals surface area contributed by atoms with Crippen LogP contribution in [0, 0.1) is 11.3 Å². The van der Waals surface area contributed by atoms with Gasteiger partial charge in [0.2, 0.25) is 0 Å². The molecule has 25 heavy (non-hydrogen) atoms. The van der Waals surface area contributed by atoms with E-state index >= 15 is 0 Å². The summed E-state index contributed by atoms with van der Waals surface area (Å²) in [4.78, 5) is 23.6. The Labute approximate surface area is 137 Å². The molecule has 0 atom stereocenters. The number of carbonyl (C=O) groups is 2. The van der Waals surface area contributed by atoms with Crippen LogP contribution in [0.25, 0.3) is 0 Å². The lowest BCUT2D eigenvalue weighted by atomic mass is 9.74. The number of rotatable bonds is 8. The zero-order valence-electron chi connectivity index (χ0n) is 13.3. The molecule has 0 amide bonds. The van der Waals surface area contributed by atoms with Gasteiger partial charge in [0, 0.05) is 5.92 Å². The van der Waals surface area contributed by atoms with E-state index in [2.05, 4.69) is 0 Å². The second-order valence-corrected chi connectivity index (χ2v) is 5.69. The maximum absolute atomic E-state index is 13.1. The molecule has 0 N–H and O–H groups in total. The van der Waals surface area contributed by atoms with Crippen LogP contribution in [0.4, 0.5) is 39.5 Å². The Bertz CT molecular complexity index is 454. The third-order valence-electron chi connectivity index (χ3n) is 4.03. The van der Waals surface area contributed by atoms with E-state index < -0.39 is 73.5 Å². The van der Waals surface area contributed by atoms with Crippen molar-refractivity contribution in [3.63, 3.8) is 0 Å². The predicted molar refractivity (Wildman–Crippen MR) is 68.5 cm³/mol. The number of hydrogen-bond acceptors (Lipinski definition) is 2. The summed E-state index contributed by atoms with van der Waals surface area (Å²) >= 11 is 0. The number of halogens is 9. The van der Waals surface area contributed by atoms with Gasteiger partial charge in [0.15, 0.2) is 5.78 Å². The molecule has 2 nitrogen and oxygen atoms in total. The molecular weight excluding hydrogens is 371 g/mol. The first-order valence-corrected chi connectivity index (χ1v) is 7.25. The SMILES string of the molecule is CCC(CC)(C(=O)CC(=O)C(CC(F)(F)F)CC(F)(F)F)C(F)(F)F. The fourth-order valence-electron chi connectivity index (χ4n) is 2.53. The Kier molecular flexibility index (Phi) is 7.53. The van der Waals surface area contributed by atoms with Crippen molar-refractivity contribution in [2.75, 3.05) is 0 Å². The first-order chi connectivity index (χ1) is 11.0. The largest absolute Gasteiger partial charge is 0.401 e. The quantitative estimate of drug-likeness (QED) is 0.412. The minimum absolute atomic E-state index is 0.775. The highest BCUT2D eigenvalue weighted by Gasteiger charge is 2.57. The van der Waals surface area contributed by atoms with Gasteiger partial charge in [-0.3, -0.25) is 9.59 Å². The van der Waals surface area contributed by atoms with Crippen molar-refractivity contribution < 1.29 is 49.1 Å². The smallest absolute Gasteiger partial charge is 0.299 e. The summed E-state index contributed by atoms with van der Waals surface area (Å²) < 4.78 is 113. The van der Waals surface area contributed by atoms with Crippen molar-refractivity contribution in [3.8, 4) is 0 Å². The normalized spacial score (nSPS) is 14.1. The van der Waals surface area contributed by atoms with Crippen LogP contribution in [0.1, 0.15) is 46.0 Å². The third-order valence-corrected chi connectivity index (χ3v) is 4.03. The average Bonchev–Trinajstić information content (AvgIpc) is 2.34. The summed E-state index contributed by atoms with van der Waals surface area (Å²) in [7, 11) is 0.